The highest BCUT2D eigenvalue weighted by molar-refractivity contribution is 6.24. The van der Waals surface area contributed by atoms with Crippen molar-refractivity contribution in [2.75, 3.05) is 24.5 Å². The zero-order valence-electron chi connectivity index (χ0n) is 11.2. The van der Waals surface area contributed by atoms with Gasteiger partial charge in [-0.3, -0.25) is 9.59 Å². The summed E-state index contributed by atoms with van der Waals surface area (Å²) in [6.45, 7) is 2.09. The summed E-state index contributed by atoms with van der Waals surface area (Å²) in [5.41, 5.74) is 1.30. The van der Waals surface area contributed by atoms with E-state index >= 15 is 0 Å². The van der Waals surface area contributed by atoms with Gasteiger partial charge in [0.15, 0.2) is 0 Å². The first kappa shape index (κ1) is 13.4. The van der Waals surface area contributed by atoms with Crippen molar-refractivity contribution in [3.63, 3.8) is 0 Å². The van der Waals surface area contributed by atoms with Gasteiger partial charge in [0, 0.05) is 26.1 Å². The van der Waals surface area contributed by atoms with Crippen LogP contribution in [0.15, 0.2) is 24.3 Å². The van der Waals surface area contributed by atoms with Gasteiger partial charge in [-0.05, 0) is 25.0 Å². The van der Waals surface area contributed by atoms with Crippen molar-refractivity contribution in [3.8, 4) is 0 Å². The molecule has 0 bridgehead atoms. The fraction of sp³-hybridized carbons (Fsp3) is 0.467. The van der Waals surface area contributed by atoms with Gasteiger partial charge in [0.2, 0.25) is 5.91 Å². The minimum Gasteiger partial charge on any atom is -0.339 e. The van der Waals surface area contributed by atoms with E-state index < -0.39 is 0 Å². The van der Waals surface area contributed by atoms with Crippen LogP contribution >= 0.6 is 11.6 Å². The number of hydrogen-bond acceptors (Lipinski definition) is 2. The highest BCUT2D eigenvalue weighted by atomic mass is 35.5. The zero-order valence-corrected chi connectivity index (χ0v) is 12.0. The average Bonchev–Trinajstić information content (AvgIpc) is 3.08. The maximum atomic E-state index is 12.6. The van der Waals surface area contributed by atoms with Crippen LogP contribution in [0.2, 0.25) is 0 Å². The van der Waals surface area contributed by atoms with Gasteiger partial charge in [-0.2, -0.15) is 0 Å². The highest BCUT2D eigenvalue weighted by Gasteiger charge is 2.32. The molecule has 1 unspecified atom stereocenters. The van der Waals surface area contributed by atoms with Crippen molar-refractivity contribution in [1.29, 1.82) is 0 Å². The van der Waals surface area contributed by atoms with Crippen LogP contribution in [0.4, 0.5) is 5.69 Å². The zero-order chi connectivity index (χ0) is 14.1. The van der Waals surface area contributed by atoms with Crippen LogP contribution in [0.25, 0.3) is 0 Å². The number of carbonyl (C=O) groups excluding carboxylic acids is 2. The summed E-state index contributed by atoms with van der Waals surface area (Å²) < 4.78 is 0. The van der Waals surface area contributed by atoms with Crippen LogP contribution in [-0.4, -0.2) is 41.7 Å². The van der Waals surface area contributed by atoms with Gasteiger partial charge in [-0.15, -0.1) is 11.6 Å². The van der Waals surface area contributed by atoms with E-state index in [2.05, 4.69) is 0 Å². The Morgan fingerprint density at radius 3 is 2.55 bits per heavy atom. The molecule has 0 spiro atoms. The molecule has 2 heterocycles. The third kappa shape index (κ3) is 2.40. The fourth-order valence-corrected chi connectivity index (χ4v) is 3.15. The van der Waals surface area contributed by atoms with E-state index in [1.807, 2.05) is 23.1 Å². The molecule has 1 atom stereocenters. The number of para-hydroxylation sites is 1. The van der Waals surface area contributed by atoms with Gasteiger partial charge in [0.1, 0.15) is 0 Å². The fourth-order valence-electron chi connectivity index (χ4n) is 2.88. The summed E-state index contributed by atoms with van der Waals surface area (Å²) in [4.78, 5) is 28.1. The first-order valence-electron chi connectivity index (χ1n) is 6.99. The van der Waals surface area contributed by atoms with Crippen molar-refractivity contribution in [2.45, 2.75) is 24.6 Å². The second-order valence-electron chi connectivity index (χ2n) is 5.32. The molecule has 4 nitrogen and oxygen atoms in total. The lowest BCUT2D eigenvalue weighted by Gasteiger charge is -2.22. The van der Waals surface area contributed by atoms with Gasteiger partial charge < -0.3 is 9.80 Å². The average molecular weight is 293 g/mol. The Hall–Kier alpha value is -1.55. The first-order valence-corrected chi connectivity index (χ1v) is 7.43. The summed E-state index contributed by atoms with van der Waals surface area (Å²) >= 11 is 6.05. The molecule has 2 fully saturated rings. The van der Waals surface area contributed by atoms with Crippen LogP contribution in [0.5, 0.6) is 0 Å². The summed E-state index contributed by atoms with van der Waals surface area (Å²) in [7, 11) is 0. The second kappa shape index (κ2) is 5.44. The maximum absolute atomic E-state index is 12.6. The lowest BCUT2D eigenvalue weighted by atomic mass is 10.1. The standard InChI is InChI=1S/C15H17ClN2O2/c16-11-9-14(19)18(10-11)13-6-2-1-5-12(13)15(20)17-7-3-4-8-17/h1-2,5-6,11H,3-4,7-10H2. The largest absolute Gasteiger partial charge is 0.339 e. The number of nitrogens with zero attached hydrogens (tertiary/aromatic N) is 2. The molecule has 0 saturated carbocycles. The molecule has 3 rings (SSSR count). The van der Waals surface area contributed by atoms with Gasteiger partial charge in [-0.1, -0.05) is 12.1 Å². The van der Waals surface area contributed by atoms with E-state index in [0.29, 0.717) is 24.2 Å². The molecule has 2 amide bonds. The van der Waals surface area contributed by atoms with Crippen molar-refractivity contribution >= 4 is 29.1 Å². The van der Waals surface area contributed by atoms with E-state index in [-0.39, 0.29) is 17.2 Å². The Bertz CT molecular complexity index is 540. The topological polar surface area (TPSA) is 40.6 Å². The Morgan fingerprint density at radius 1 is 1.20 bits per heavy atom. The Labute approximate surface area is 123 Å². The molecule has 2 aliphatic rings. The molecule has 2 saturated heterocycles. The minimum atomic E-state index is -0.169. The van der Waals surface area contributed by atoms with Crippen molar-refractivity contribution in [3.05, 3.63) is 29.8 Å². The third-order valence-corrected chi connectivity index (χ3v) is 4.19. The molecule has 1 aromatic carbocycles. The third-order valence-electron chi connectivity index (χ3n) is 3.90. The lowest BCUT2D eigenvalue weighted by molar-refractivity contribution is -0.117. The number of rotatable bonds is 2. The molecule has 0 aromatic heterocycles. The first-order chi connectivity index (χ1) is 9.66. The maximum Gasteiger partial charge on any atom is 0.255 e. The number of likely N-dealkylation sites (tertiary alicyclic amines) is 1. The summed E-state index contributed by atoms with van der Waals surface area (Å²) in [6.07, 6.45) is 2.45. The second-order valence-corrected chi connectivity index (χ2v) is 5.94. The van der Waals surface area contributed by atoms with Crippen LogP contribution in [0.1, 0.15) is 29.6 Å². The molecule has 2 aliphatic heterocycles. The number of hydrogen-bond donors (Lipinski definition) is 0. The van der Waals surface area contributed by atoms with Crippen LogP contribution < -0.4 is 4.90 Å². The number of alkyl halides is 1. The monoisotopic (exact) mass is 292 g/mol. The Kier molecular flexibility index (Phi) is 3.66. The number of benzene rings is 1. The molecule has 0 radical (unpaired) electrons. The predicted molar refractivity (Wildman–Crippen MR) is 78.2 cm³/mol. The quantitative estimate of drug-likeness (QED) is 0.785. The van der Waals surface area contributed by atoms with Crippen LogP contribution in [0.3, 0.4) is 0 Å². The number of halogens is 1. The van der Waals surface area contributed by atoms with Gasteiger partial charge in [0.05, 0.1) is 16.6 Å². The van der Waals surface area contributed by atoms with E-state index in [1.54, 1.807) is 11.0 Å². The van der Waals surface area contributed by atoms with E-state index in [1.165, 1.54) is 0 Å². The van der Waals surface area contributed by atoms with Gasteiger partial charge in [0.25, 0.3) is 5.91 Å². The smallest absolute Gasteiger partial charge is 0.255 e. The highest BCUT2D eigenvalue weighted by Crippen LogP contribution is 2.29. The van der Waals surface area contributed by atoms with Crippen LogP contribution in [-0.2, 0) is 4.79 Å². The molecule has 5 heteroatoms. The van der Waals surface area contributed by atoms with Crippen LogP contribution in [0, 0.1) is 0 Å². The molecule has 1 aromatic rings. The Balaban J connectivity index is 1.92. The predicted octanol–water partition coefficient (Wildman–Crippen LogP) is 2.27. The molecule has 0 aliphatic carbocycles. The van der Waals surface area contributed by atoms with E-state index in [4.69, 9.17) is 11.6 Å². The van der Waals surface area contributed by atoms with E-state index in [9.17, 15) is 9.59 Å². The summed E-state index contributed by atoms with van der Waals surface area (Å²) in [5.74, 6) is 0.00981. The molecule has 20 heavy (non-hydrogen) atoms. The van der Waals surface area contributed by atoms with E-state index in [0.717, 1.165) is 25.9 Å². The summed E-state index contributed by atoms with van der Waals surface area (Å²) in [6, 6.07) is 7.32. The molecular formula is C15H17ClN2O2. The Morgan fingerprint density at radius 2 is 1.90 bits per heavy atom. The summed E-state index contributed by atoms with van der Waals surface area (Å²) in [5, 5.41) is -0.169. The van der Waals surface area contributed by atoms with Crippen molar-refractivity contribution in [2.24, 2.45) is 0 Å². The SMILES string of the molecule is O=C(c1ccccc1N1CC(Cl)CC1=O)N1CCCC1. The molecule has 0 N–H and O–H groups in total. The van der Waals surface area contributed by atoms with Gasteiger partial charge >= 0.3 is 0 Å². The van der Waals surface area contributed by atoms with Crippen molar-refractivity contribution < 1.29 is 9.59 Å². The number of anilines is 1. The molecular weight excluding hydrogens is 276 g/mol. The normalized spacial score (nSPS) is 22.6. The van der Waals surface area contributed by atoms with Crippen molar-refractivity contribution in [1.82, 2.24) is 4.90 Å². The minimum absolute atomic E-state index is 0.00771. The molecule has 106 valence electrons. The van der Waals surface area contributed by atoms with Gasteiger partial charge in [-0.25, -0.2) is 0 Å². The number of carbonyl (C=O) groups is 2. The number of amides is 2. The lowest BCUT2D eigenvalue weighted by Crippen LogP contribution is -2.31.